The summed E-state index contributed by atoms with van der Waals surface area (Å²) in [4.78, 5) is 31.1. The molecule has 2 heterocycles. The van der Waals surface area contributed by atoms with E-state index in [1.54, 1.807) is 30.5 Å². The Kier molecular flexibility index (Phi) is 5.77. The predicted molar refractivity (Wildman–Crippen MR) is 96.2 cm³/mol. The van der Waals surface area contributed by atoms with Crippen molar-refractivity contribution in [1.29, 1.82) is 0 Å². The predicted octanol–water partition coefficient (Wildman–Crippen LogP) is 3.03. The molecular formula is C20H23N3O2. The molecule has 1 fully saturated rings. The summed E-state index contributed by atoms with van der Waals surface area (Å²) in [6, 6.07) is 12.5. The van der Waals surface area contributed by atoms with Crippen LogP contribution in [0.2, 0.25) is 0 Å². The molecule has 0 radical (unpaired) electrons. The highest BCUT2D eigenvalue weighted by Gasteiger charge is 2.18. The van der Waals surface area contributed by atoms with Crippen molar-refractivity contribution in [2.24, 2.45) is 0 Å². The molecule has 0 unspecified atom stereocenters. The topological polar surface area (TPSA) is 62.3 Å². The minimum absolute atomic E-state index is 0.0151. The van der Waals surface area contributed by atoms with Gasteiger partial charge in [-0.05, 0) is 43.2 Å². The molecule has 0 bridgehead atoms. The number of hydrogen-bond acceptors (Lipinski definition) is 3. The van der Waals surface area contributed by atoms with Crippen LogP contribution in [0, 0.1) is 0 Å². The van der Waals surface area contributed by atoms with Crippen molar-refractivity contribution in [1.82, 2.24) is 15.2 Å². The molecule has 2 aromatic rings. The number of likely N-dealkylation sites (tertiary alicyclic amines) is 1. The highest BCUT2D eigenvalue weighted by atomic mass is 16.2. The van der Waals surface area contributed by atoms with Gasteiger partial charge in [0, 0.05) is 30.4 Å². The number of hydrogen-bond donors (Lipinski definition) is 1. The Labute approximate surface area is 148 Å². The number of carbonyl (C=O) groups is 2. The van der Waals surface area contributed by atoms with Crippen molar-refractivity contribution in [3.05, 3.63) is 65.5 Å². The first-order valence-corrected chi connectivity index (χ1v) is 8.81. The molecule has 0 spiro atoms. The largest absolute Gasteiger partial charge is 0.346 e. The van der Waals surface area contributed by atoms with Crippen LogP contribution in [0.15, 0.2) is 48.7 Å². The zero-order chi connectivity index (χ0) is 17.5. The zero-order valence-electron chi connectivity index (χ0n) is 14.3. The van der Waals surface area contributed by atoms with Crippen LogP contribution in [0.1, 0.15) is 52.1 Å². The summed E-state index contributed by atoms with van der Waals surface area (Å²) in [7, 11) is 0. The van der Waals surface area contributed by atoms with E-state index in [4.69, 9.17) is 0 Å². The molecule has 0 aliphatic carbocycles. The fourth-order valence-electron chi connectivity index (χ4n) is 3.03. The van der Waals surface area contributed by atoms with E-state index < -0.39 is 0 Å². The van der Waals surface area contributed by atoms with Crippen molar-refractivity contribution >= 4 is 11.8 Å². The van der Waals surface area contributed by atoms with Crippen LogP contribution in [-0.4, -0.2) is 34.8 Å². The molecule has 0 atom stereocenters. The van der Waals surface area contributed by atoms with Crippen LogP contribution in [-0.2, 0) is 6.54 Å². The Bertz CT molecular complexity index is 723. The van der Waals surface area contributed by atoms with E-state index in [2.05, 4.69) is 10.3 Å². The van der Waals surface area contributed by atoms with Gasteiger partial charge in [-0.1, -0.05) is 25.0 Å². The summed E-state index contributed by atoms with van der Waals surface area (Å²) >= 11 is 0. The first kappa shape index (κ1) is 17.1. The van der Waals surface area contributed by atoms with Gasteiger partial charge in [0.2, 0.25) is 0 Å². The smallest absolute Gasteiger partial charge is 0.253 e. The standard InChI is InChI=1S/C20H23N3O2/c24-19(22-15-18-10-3-4-11-21-18)16-8-7-9-17(14-16)20(25)23-12-5-1-2-6-13-23/h3-4,7-11,14H,1-2,5-6,12-13,15H2,(H,22,24). The molecule has 5 heteroatoms. The first-order chi connectivity index (χ1) is 12.2. The molecule has 3 rings (SSSR count). The third kappa shape index (κ3) is 4.66. The van der Waals surface area contributed by atoms with Crippen molar-refractivity contribution in [2.45, 2.75) is 32.2 Å². The fraction of sp³-hybridized carbons (Fsp3) is 0.350. The van der Waals surface area contributed by atoms with Gasteiger partial charge in [-0.2, -0.15) is 0 Å². The number of aromatic nitrogens is 1. The Balaban J connectivity index is 1.65. The van der Waals surface area contributed by atoms with Crippen LogP contribution >= 0.6 is 0 Å². The summed E-state index contributed by atoms with van der Waals surface area (Å²) in [5, 5.41) is 2.84. The molecular weight excluding hydrogens is 314 g/mol. The summed E-state index contributed by atoms with van der Waals surface area (Å²) in [6.07, 6.45) is 6.16. The summed E-state index contributed by atoms with van der Waals surface area (Å²) in [5.41, 5.74) is 1.87. The highest BCUT2D eigenvalue weighted by Crippen LogP contribution is 2.14. The lowest BCUT2D eigenvalue weighted by molar-refractivity contribution is 0.0761. The molecule has 1 saturated heterocycles. The fourth-order valence-corrected chi connectivity index (χ4v) is 3.03. The minimum atomic E-state index is -0.198. The number of nitrogens with one attached hydrogen (secondary N) is 1. The second-order valence-electron chi connectivity index (χ2n) is 6.29. The minimum Gasteiger partial charge on any atom is -0.346 e. The maximum Gasteiger partial charge on any atom is 0.253 e. The van der Waals surface area contributed by atoms with Crippen LogP contribution < -0.4 is 5.32 Å². The molecule has 1 aromatic heterocycles. The summed E-state index contributed by atoms with van der Waals surface area (Å²) in [6.45, 7) is 1.97. The van der Waals surface area contributed by atoms with Crippen molar-refractivity contribution < 1.29 is 9.59 Å². The Morgan fingerprint density at radius 2 is 1.72 bits per heavy atom. The highest BCUT2D eigenvalue weighted by molar-refractivity contribution is 5.99. The molecule has 1 aliphatic heterocycles. The Morgan fingerprint density at radius 1 is 0.960 bits per heavy atom. The van der Waals surface area contributed by atoms with Crippen LogP contribution in [0.3, 0.4) is 0 Å². The second-order valence-corrected chi connectivity index (χ2v) is 6.29. The van der Waals surface area contributed by atoms with Gasteiger partial charge in [0.25, 0.3) is 11.8 Å². The SMILES string of the molecule is O=C(NCc1ccccn1)c1cccc(C(=O)N2CCCCCC2)c1. The Morgan fingerprint density at radius 3 is 2.44 bits per heavy atom. The van der Waals surface area contributed by atoms with E-state index in [0.717, 1.165) is 31.6 Å². The van der Waals surface area contributed by atoms with Gasteiger partial charge in [0.15, 0.2) is 0 Å². The van der Waals surface area contributed by atoms with Gasteiger partial charge < -0.3 is 10.2 Å². The van der Waals surface area contributed by atoms with E-state index >= 15 is 0 Å². The number of carbonyl (C=O) groups excluding carboxylic acids is 2. The third-order valence-electron chi connectivity index (χ3n) is 4.42. The molecule has 1 aliphatic rings. The maximum absolute atomic E-state index is 12.7. The normalized spacial score (nSPS) is 14.6. The average Bonchev–Trinajstić information content (AvgIpc) is 2.96. The molecule has 5 nitrogen and oxygen atoms in total. The van der Waals surface area contributed by atoms with Gasteiger partial charge in [0.1, 0.15) is 0 Å². The van der Waals surface area contributed by atoms with Gasteiger partial charge in [-0.25, -0.2) is 0 Å². The number of amides is 2. The maximum atomic E-state index is 12.7. The molecule has 1 aromatic carbocycles. The van der Waals surface area contributed by atoms with Crippen LogP contribution in [0.5, 0.6) is 0 Å². The monoisotopic (exact) mass is 337 g/mol. The van der Waals surface area contributed by atoms with E-state index in [-0.39, 0.29) is 11.8 Å². The molecule has 2 amide bonds. The number of pyridine rings is 1. The van der Waals surface area contributed by atoms with Crippen molar-refractivity contribution in [2.75, 3.05) is 13.1 Å². The molecule has 0 saturated carbocycles. The quantitative estimate of drug-likeness (QED) is 0.933. The molecule has 25 heavy (non-hydrogen) atoms. The van der Waals surface area contributed by atoms with Gasteiger partial charge in [0.05, 0.1) is 12.2 Å². The van der Waals surface area contributed by atoms with E-state index in [0.29, 0.717) is 17.7 Å². The summed E-state index contributed by atoms with van der Waals surface area (Å²) < 4.78 is 0. The first-order valence-electron chi connectivity index (χ1n) is 8.81. The number of nitrogens with zero attached hydrogens (tertiary/aromatic N) is 2. The lowest BCUT2D eigenvalue weighted by Crippen LogP contribution is -2.32. The lowest BCUT2D eigenvalue weighted by Gasteiger charge is -2.20. The summed E-state index contributed by atoms with van der Waals surface area (Å²) in [5.74, 6) is -0.183. The van der Waals surface area contributed by atoms with E-state index in [1.165, 1.54) is 12.8 Å². The van der Waals surface area contributed by atoms with Gasteiger partial charge in [-0.3, -0.25) is 14.6 Å². The molecule has 1 N–H and O–H groups in total. The van der Waals surface area contributed by atoms with Crippen molar-refractivity contribution in [3.8, 4) is 0 Å². The Hall–Kier alpha value is -2.69. The number of benzene rings is 1. The lowest BCUT2D eigenvalue weighted by atomic mass is 10.1. The number of rotatable bonds is 4. The van der Waals surface area contributed by atoms with E-state index in [9.17, 15) is 9.59 Å². The zero-order valence-corrected chi connectivity index (χ0v) is 14.3. The van der Waals surface area contributed by atoms with Gasteiger partial charge >= 0.3 is 0 Å². The van der Waals surface area contributed by atoms with Crippen molar-refractivity contribution in [3.63, 3.8) is 0 Å². The van der Waals surface area contributed by atoms with Crippen LogP contribution in [0.25, 0.3) is 0 Å². The molecule has 130 valence electrons. The van der Waals surface area contributed by atoms with E-state index in [1.807, 2.05) is 23.1 Å². The second kappa shape index (κ2) is 8.42. The third-order valence-corrected chi connectivity index (χ3v) is 4.42. The average molecular weight is 337 g/mol. The van der Waals surface area contributed by atoms with Crippen LogP contribution in [0.4, 0.5) is 0 Å². The van der Waals surface area contributed by atoms with Gasteiger partial charge in [-0.15, -0.1) is 0 Å².